The Morgan fingerprint density at radius 1 is 1.31 bits per heavy atom. The molecule has 3 aromatic heterocycles. The van der Waals surface area contributed by atoms with Gasteiger partial charge in [-0.15, -0.1) is 11.3 Å². The number of amides is 3. The summed E-state index contributed by atoms with van der Waals surface area (Å²) in [6.45, 7) is 1.82. The molecular weight excluding hydrogens is 356 g/mol. The lowest BCUT2D eigenvalue weighted by molar-refractivity contribution is 0.0721. The molecule has 0 aliphatic heterocycles. The van der Waals surface area contributed by atoms with Crippen molar-refractivity contribution in [1.29, 1.82) is 0 Å². The van der Waals surface area contributed by atoms with E-state index in [1.807, 2.05) is 12.1 Å². The molecule has 3 aromatic rings. The van der Waals surface area contributed by atoms with Crippen LogP contribution < -0.4 is 5.32 Å². The highest BCUT2D eigenvalue weighted by molar-refractivity contribution is 7.14. The first-order valence-electron chi connectivity index (χ1n) is 7.78. The van der Waals surface area contributed by atoms with Crippen molar-refractivity contribution in [2.45, 2.75) is 6.92 Å². The molecule has 0 spiro atoms. The van der Waals surface area contributed by atoms with Crippen molar-refractivity contribution in [2.24, 2.45) is 0 Å². The van der Waals surface area contributed by atoms with Crippen molar-refractivity contribution < 1.29 is 19.1 Å². The summed E-state index contributed by atoms with van der Waals surface area (Å²) < 4.78 is 6.54. The highest BCUT2D eigenvalue weighted by Gasteiger charge is 2.24. The van der Waals surface area contributed by atoms with Crippen molar-refractivity contribution in [2.75, 3.05) is 19.0 Å². The van der Waals surface area contributed by atoms with Crippen LogP contribution in [0.4, 0.5) is 9.80 Å². The van der Waals surface area contributed by atoms with Gasteiger partial charge in [0.1, 0.15) is 16.3 Å². The summed E-state index contributed by atoms with van der Waals surface area (Å²) in [5.41, 5.74) is 1.08. The van der Waals surface area contributed by atoms with Crippen LogP contribution in [0.3, 0.4) is 0 Å². The van der Waals surface area contributed by atoms with E-state index < -0.39 is 17.9 Å². The first-order chi connectivity index (χ1) is 12.5. The van der Waals surface area contributed by atoms with Crippen LogP contribution >= 0.6 is 11.3 Å². The van der Waals surface area contributed by atoms with Crippen molar-refractivity contribution in [1.82, 2.24) is 14.3 Å². The van der Waals surface area contributed by atoms with Crippen molar-refractivity contribution in [3.63, 3.8) is 0 Å². The Balaban J connectivity index is 1.79. The Morgan fingerprint density at radius 2 is 2.12 bits per heavy atom. The molecule has 9 heteroatoms. The number of carbonyl (C=O) groups is 3. The molecule has 8 nitrogen and oxygen atoms in total. The van der Waals surface area contributed by atoms with Crippen LogP contribution in [0.5, 0.6) is 0 Å². The van der Waals surface area contributed by atoms with Crippen LogP contribution in [-0.4, -0.2) is 45.8 Å². The molecule has 0 bridgehead atoms. The number of aromatic nitrogens is 2. The van der Waals surface area contributed by atoms with E-state index in [-0.39, 0.29) is 17.9 Å². The molecular formula is C17H16N4O4S. The third-order valence-corrected chi connectivity index (χ3v) is 4.40. The maximum absolute atomic E-state index is 12.5. The summed E-state index contributed by atoms with van der Waals surface area (Å²) in [6.07, 6.45) is 2.64. The summed E-state index contributed by atoms with van der Waals surface area (Å²) in [4.78, 5) is 41.8. The van der Waals surface area contributed by atoms with Crippen LogP contribution in [0.25, 0.3) is 5.65 Å². The fourth-order valence-electron chi connectivity index (χ4n) is 2.27. The van der Waals surface area contributed by atoms with Gasteiger partial charge >= 0.3 is 6.09 Å². The lowest BCUT2D eigenvalue weighted by Crippen LogP contribution is -2.34. The van der Waals surface area contributed by atoms with Gasteiger partial charge in [0.05, 0.1) is 12.2 Å². The minimum atomic E-state index is -0.749. The molecule has 0 aliphatic carbocycles. The van der Waals surface area contributed by atoms with E-state index in [0.29, 0.717) is 10.6 Å². The maximum Gasteiger partial charge on any atom is 0.416 e. The van der Waals surface area contributed by atoms with Gasteiger partial charge in [0.2, 0.25) is 0 Å². The lowest BCUT2D eigenvalue weighted by atomic mass is 10.3. The van der Waals surface area contributed by atoms with Crippen LogP contribution in [0, 0.1) is 0 Å². The lowest BCUT2D eigenvalue weighted by Gasteiger charge is -2.15. The molecule has 0 aliphatic rings. The van der Waals surface area contributed by atoms with Gasteiger partial charge in [-0.05, 0) is 30.5 Å². The quantitative estimate of drug-likeness (QED) is 0.760. The standard InChI is InChI=1S/C17H16N4O4S/c1-3-25-17(24)20(2)16(23)11-7-9-26-15(11)19-14(22)12-10-21-8-5-4-6-13(21)18-12/h4-10H,3H2,1-2H3,(H,19,22). The van der Waals surface area contributed by atoms with Gasteiger partial charge in [-0.25, -0.2) is 14.7 Å². The van der Waals surface area contributed by atoms with Crippen LogP contribution in [0.2, 0.25) is 0 Å². The number of nitrogens with zero attached hydrogens (tertiary/aromatic N) is 3. The molecule has 0 atom stereocenters. The largest absolute Gasteiger partial charge is 0.449 e. The first-order valence-corrected chi connectivity index (χ1v) is 8.66. The number of imidazole rings is 1. The molecule has 26 heavy (non-hydrogen) atoms. The highest BCUT2D eigenvalue weighted by atomic mass is 32.1. The molecule has 0 radical (unpaired) electrons. The average Bonchev–Trinajstić information content (AvgIpc) is 3.27. The predicted octanol–water partition coefficient (Wildman–Crippen LogP) is 2.88. The summed E-state index contributed by atoms with van der Waals surface area (Å²) >= 11 is 1.18. The number of imide groups is 1. The zero-order chi connectivity index (χ0) is 18.7. The third-order valence-electron chi connectivity index (χ3n) is 3.57. The fraction of sp³-hybridized carbons (Fsp3) is 0.176. The molecule has 1 N–H and O–H groups in total. The molecule has 0 saturated carbocycles. The highest BCUT2D eigenvalue weighted by Crippen LogP contribution is 2.25. The zero-order valence-corrected chi connectivity index (χ0v) is 14.9. The second-order valence-corrected chi connectivity index (χ2v) is 6.19. The Hall–Kier alpha value is -3.20. The Bertz CT molecular complexity index is 945. The van der Waals surface area contributed by atoms with Crippen LogP contribution in [0.15, 0.2) is 42.0 Å². The molecule has 3 amide bonds. The number of ether oxygens (including phenoxy) is 1. The second-order valence-electron chi connectivity index (χ2n) is 5.27. The summed E-state index contributed by atoms with van der Waals surface area (Å²) in [5, 5.41) is 4.68. The predicted molar refractivity (Wildman–Crippen MR) is 96.6 cm³/mol. The van der Waals surface area contributed by atoms with Crippen molar-refractivity contribution in [3.8, 4) is 0 Å². The number of anilines is 1. The van der Waals surface area contributed by atoms with Gasteiger partial charge < -0.3 is 14.5 Å². The zero-order valence-electron chi connectivity index (χ0n) is 14.1. The van der Waals surface area contributed by atoms with E-state index in [9.17, 15) is 14.4 Å². The molecule has 134 valence electrons. The van der Waals surface area contributed by atoms with Gasteiger partial charge in [-0.3, -0.25) is 9.59 Å². The number of nitrogens with one attached hydrogen (secondary N) is 1. The normalized spacial score (nSPS) is 10.5. The number of hydrogen-bond acceptors (Lipinski definition) is 6. The third kappa shape index (κ3) is 3.42. The average molecular weight is 372 g/mol. The van der Waals surface area contributed by atoms with Gasteiger partial charge in [0.15, 0.2) is 0 Å². The number of thiophene rings is 1. The number of fused-ring (bicyclic) bond motifs is 1. The fourth-order valence-corrected chi connectivity index (χ4v) is 3.04. The Labute approximate surface area is 153 Å². The van der Waals surface area contributed by atoms with E-state index >= 15 is 0 Å². The Morgan fingerprint density at radius 3 is 2.85 bits per heavy atom. The molecule has 3 heterocycles. The van der Waals surface area contributed by atoms with E-state index in [0.717, 1.165) is 4.90 Å². The second kappa shape index (κ2) is 7.36. The molecule has 3 rings (SSSR count). The monoisotopic (exact) mass is 372 g/mol. The molecule has 0 unspecified atom stereocenters. The van der Waals surface area contributed by atoms with E-state index in [4.69, 9.17) is 4.74 Å². The van der Waals surface area contributed by atoms with E-state index in [1.54, 1.807) is 41.2 Å². The van der Waals surface area contributed by atoms with Gasteiger partial charge in [-0.1, -0.05) is 6.07 Å². The minimum absolute atomic E-state index is 0.164. The summed E-state index contributed by atoms with van der Waals surface area (Å²) in [5.74, 6) is -1.00. The maximum atomic E-state index is 12.5. The SMILES string of the molecule is CCOC(=O)N(C)C(=O)c1ccsc1NC(=O)c1cn2ccccc2n1. The van der Waals surface area contributed by atoms with Crippen LogP contribution in [0.1, 0.15) is 27.8 Å². The molecule has 0 fully saturated rings. The van der Waals surface area contributed by atoms with Crippen molar-refractivity contribution >= 4 is 39.9 Å². The van der Waals surface area contributed by atoms with E-state index in [1.165, 1.54) is 18.4 Å². The smallest absolute Gasteiger partial charge is 0.416 e. The number of rotatable bonds is 4. The van der Waals surface area contributed by atoms with E-state index in [2.05, 4.69) is 10.3 Å². The summed E-state index contributed by atoms with van der Waals surface area (Å²) in [7, 11) is 1.33. The first kappa shape index (κ1) is 17.6. The van der Waals surface area contributed by atoms with Crippen molar-refractivity contribution in [3.05, 3.63) is 53.3 Å². The molecule has 0 saturated heterocycles. The Kier molecular flexibility index (Phi) is 4.99. The molecule has 0 aromatic carbocycles. The van der Waals surface area contributed by atoms with Gasteiger partial charge in [-0.2, -0.15) is 0 Å². The summed E-state index contributed by atoms with van der Waals surface area (Å²) in [6, 6.07) is 6.98. The topological polar surface area (TPSA) is 93.0 Å². The minimum Gasteiger partial charge on any atom is -0.449 e. The number of hydrogen-bond donors (Lipinski definition) is 1. The number of carbonyl (C=O) groups excluding carboxylic acids is 3. The van der Waals surface area contributed by atoms with Crippen LogP contribution in [-0.2, 0) is 4.74 Å². The number of pyridine rings is 1. The van der Waals surface area contributed by atoms with Gasteiger partial charge in [0.25, 0.3) is 11.8 Å². The van der Waals surface area contributed by atoms with Gasteiger partial charge in [0, 0.05) is 19.4 Å².